The third-order valence-electron chi connectivity index (χ3n) is 1.50. The lowest BCUT2D eigenvalue weighted by Gasteiger charge is -2.05. The summed E-state index contributed by atoms with van der Waals surface area (Å²) in [4.78, 5) is 12.8. The molecule has 0 atom stereocenters. The molecule has 0 aliphatic heterocycles. The van der Waals surface area contributed by atoms with E-state index in [1.807, 2.05) is 4.98 Å². The van der Waals surface area contributed by atoms with E-state index in [0.29, 0.717) is 0 Å². The topological polar surface area (TPSA) is 58.9 Å². The van der Waals surface area contributed by atoms with Crippen molar-refractivity contribution in [3.8, 4) is 0 Å². The molecule has 0 bridgehead atoms. The number of aromatic nitrogens is 1. The van der Waals surface area contributed by atoms with Gasteiger partial charge in [-0.15, -0.1) is 0 Å². The molecule has 1 rings (SSSR count). The Morgan fingerprint density at radius 3 is 2.38 bits per heavy atom. The number of nitrogens with one attached hydrogen (secondary N) is 1. The molecule has 0 unspecified atom stereocenters. The molecule has 0 saturated heterocycles. The average molecular weight is 192 g/mol. The Morgan fingerprint density at radius 2 is 2.00 bits per heavy atom. The van der Waals surface area contributed by atoms with E-state index in [2.05, 4.69) is 0 Å². The number of nitrogens with two attached hydrogens (primary N) is 1. The van der Waals surface area contributed by atoms with Crippen LogP contribution in [0.2, 0.25) is 0 Å². The lowest BCUT2D eigenvalue weighted by Crippen LogP contribution is -2.22. The van der Waals surface area contributed by atoms with Gasteiger partial charge in [0, 0.05) is 12.2 Å². The smallest absolute Gasteiger partial charge is 0.325 e. The van der Waals surface area contributed by atoms with Crippen LogP contribution < -0.4 is 11.3 Å². The standard InChI is InChI=1S/C7H7F3N2O/c8-7(9,10)5-2-1-4(3-11)12-6(5)13/h1-2H,3,11H2,(H,12,13). The van der Waals surface area contributed by atoms with Crippen molar-refractivity contribution in [1.82, 2.24) is 4.98 Å². The average Bonchev–Trinajstić information content (AvgIpc) is 2.01. The molecule has 0 aliphatic carbocycles. The van der Waals surface area contributed by atoms with Crippen LogP contribution in [0.3, 0.4) is 0 Å². The molecule has 1 aromatic rings. The second-order valence-corrected chi connectivity index (χ2v) is 2.43. The van der Waals surface area contributed by atoms with Gasteiger partial charge in [0.1, 0.15) is 5.56 Å². The molecule has 0 spiro atoms. The fraction of sp³-hybridized carbons (Fsp3) is 0.286. The van der Waals surface area contributed by atoms with E-state index in [0.717, 1.165) is 12.1 Å². The zero-order valence-corrected chi connectivity index (χ0v) is 6.48. The van der Waals surface area contributed by atoms with Crippen LogP contribution in [0.5, 0.6) is 0 Å². The van der Waals surface area contributed by atoms with E-state index in [1.54, 1.807) is 0 Å². The Morgan fingerprint density at radius 1 is 1.38 bits per heavy atom. The second-order valence-electron chi connectivity index (χ2n) is 2.43. The van der Waals surface area contributed by atoms with E-state index < -0.39 is 17.3 Å². The van der Waals surface area contributed by atoms with Crippen LogP contribution in [0, 0.1) is 0 Å². The van der Waals surface area contributed by atoms with Crippen molar-refractivity contribution in [2.45, 2.75) is 12.7 Å². The van der Waals surface area contributed by atoms with Crippen molar-refractivity contribution < 1.29 is 13.2 Å². The Labute approximate surface area is 71.4 Å². The Balaban J connectivity index is 3.21. The summed E-state index contributed by atoms with van der Waals surface area (Å²) >= 11 is 0. The first-order valence-corrected chi connectivity index (χ1v) is 3.44. The Kier molecular flexibility index (Phi) is 2.42. The summed E-state index contributed by atoms with van der Waals surface area (Å²) in [7, 11) is 0. The number of pyridine rings is 1. The minimum Gasteiger partial charge on any atom is -0.325 e. The van der Waals surface area contributed by atoms with Crippen molar-refractivity contribution in [1.29, 1.82) is 0 Å². The summed E-state index contributed by atoms with van der Waals surface area (Å²) in [5, 5.41) is 0. The van der Waals surface area contributed by atoms with Gasteiger partial charge in [-0.25, -0.2) is 0 Å². The molecule has 1 heterocycles. The molecule has 0 amide bonds. The van der Waals surface area contributed by atoms with Crippen molar-refractivity contribution >= 4 is 0 Å². The molecule has 0 fully saturated rings. The minimum atomic E-state index is -4.61. The molecular formula is C7H7F3N2O. The van der Waals surface area contributed by atoms with Gasteiger partial charge in [0.25, 0.3) is 5.56 Å². The van der Waals surface area contributed by atoms with Crippen LogP contribution in [0.4, 0.5) is 13.2 Å². The predicted octanol–water partition coefficient (Wildman–Crippen LogP) is 0.852. The zero-order valence-electron chi connectivity index (χ0n) is 6.48. The third-order valence-corrected chi connectivity index (χ3v) is 1.50. The first kappa shape index (κ1) is 9.79. The van der Waals surface area contributed by atoms with E-state index >= 15 is 0 Å². The normalized spacial score (nSPS) is 11.7. The highest BCUT2D eigenvalue weighted by Crippen LogP contribution is 2.25. The van der Waals surface area contributed by atoms with E-state index in [9.17, 15) is 18.0 Å². The van der Waals surface area contributed by atoms with Crippen LogP contribution in [0.15, 0.2) is 16.9 Å². The number of hydrogen-bond donors (Lipinski definition) is 2. The SMILES string of the molecule is NCc1ccc(C(F)(F)F)c(=O)[nH]1. The maximum absolute atomic E-state index is 12.0. The quantitative estimate of drug-likeness (QED) is 0.693. The highest BCUT2D eigenvalue weighted by atomic mass is 19.4. The third kappa shape index (κ3) is 2.09. The van der Waals surface area contributed by atoms with Crippen molar-refractivity contribution in [2.75, 3.05) is 0 Å². The first-order chi connectivity index (χ1) is 5.95. The lowest BCUT2D eigenvalue weighted by atomic mass is 10.2. The molecule has 0 radical (unpaired) electrons. The summed E-state index contributed by atoms with van der Waals surface area (Å²) < 4.78 is 36.1. The van der Waals surface area contributed by atoms with Crippen LogP contribution in [0.1, 0.15) is 11.3 Å². The molecule has 3 nitrogen and oxygen atoms in total. The number of H-pyrrole nitrogens is 1. The second kappa shape index (κ2) is 3.21. The van der Waals surface area contributed by atoms with Crippen LogP contribution >= 0.6 is 0 Å². The molecule has 72 valence electrons. The van der Waals surface area contributed by atoms with E-state index in [4.69, 9.17) is 5.73 Å². The molecular weight excluding hydrogens is 185 g/mol. The first-order valence-electron chi connectivity index (χ1n) is 3.44. The molecule has 0 aliphatic rings. The van der Waals surface area contributed by atoms with Gasteiger partial charge in [0.2, 0.25) is 0 Å². The molecule has 13 heavy (non-hydrogen) atoms. The van der Waals surface area contributed by atoms with Gasteiger partial charge < -0.3 is 10.7 Å². The molecule has 0 saturated carbocycles. The fourth-order valence-electron chi connectivity index (χ4n) is 0.857. The van der Waals surface area contributed by atoms with Gasteiger partial charge >= 0.3 is 6.18 Å². The summed E-state index contributed by atoms with van der Waals surface area (Å²) in [6.45, 7) is 0.00732. The Hall–Kier alpha value is -1.30. The summed E-state index contributed by atoms with van der Waals surface area (Å²) in [6.07, 6.45) is -4.61. The van der Waals surface area contributed by atoms with Gasteiger partial charge in [0.15, 0.2) is 0 Å². The van der Waals surface area contributed by atoms with Gasteiger partial charge in [-0.1, -0.05) is 0 Å². The van der Waals surface area contributed by atoms with Gasteiger partial charge in [-0.3, -0.25) is 4.79 Å². The number of hydrogen-bond acceptors (Lipinski definition) is 2. The maximum atomic E-state index is 12.0. The Bertz CT molecular complexity index is 355. The number of rotatable bonds is 1. The number of alkyl halides is 3. The van der Waals surface area contributed by atoms with Crippen LogP contribution in [0.25, 0.3) is 0 Å². The zero-order chi connectivity index (χ0) is 10.1. The van der Waals surface area contributed by atoms with Crippen molar-refractivity contribution in [2.24, 2.45) is 5.73 Å². The predicted molar refractivity (Wildman–Crippen MR) is 40.0 cm³/mol. The van der Waals surface area contributed by atoms with Crippen LogP contribution in [-0.4, -0.2) is 4.98 Å². The van der Waals surface area contributed by atoms with Crippen LogP contribution in [-0.2, 0) is 12.7 Å². The summed E-state index contributed by atoms with van der Waals surface area (Å²) in [5.74, 6) is 0. The van der Waals surface area contributed by atoms with Gasteiger partial charge in [0.05, 0.1) is 0 Å². The highest BCUT2D eigenvalue weighted by Gasteiger charge is 2.33. The van der Waals surface area contributed by atoms with Crippen molar-refractivity contribution in [3.63, 3.8) is 0 Å². The molecule has 6 heteroatoms. The molecule has 3 N–H and O–H groups in total. The van der Waals surface area contributed by atoms with E-state index in [-0.39, 0.29) is 12.2 Å². The maximum Gasteiger partial charge on any atom is 0.421 e. The minimum absolute atomic E-state index is 0.00732. The monoisotopic (exact) mass is 192 g/mol. The fourth-order valence-corrected chi connectivity index (χ4v) is 0.857. The van der Waals surface area contributed by atoms with Crippen molar-refractivity contribution in [3.05, 3.63) is 33.7 Å². The largest absolute Gasteiger partial charge is 0.421 e. The van der Waals surface area contributed by atoms with Gasteiger partial charge in [-0.2, -0.15) is 13.2 Å². The number of halogens is 3. The lowest BCUT2D eigenvalue weighted by molar-refractivity contribution is -0.138. The van der Waals surface area contributed by atoms with E-state index in [1.165, 1.54) is 0 Å². The molecule has 0 aromatic carbocycles. The highest BCUT2D eigenvalue weighted by molar-refractivity contribution is 5.16. The summed E-state index contributed by atoms with van der Waals surface area (Å²) in [5.41, 5.74) is 3.04. The number of aromatic amines is 1. The molecule has 1 aromatic heterocycles. The summed E-state index contributed by atoms with van der Waals surface area (Å²) in [6, 6.07) is 1.87. The van der Waals surface area contributed by atoms with Gasteiger partial charge in [-0.05, 0) is 12.1 Å².